The number of hydrogen-bond donors (Lipinski definition) is 1. The lowest BCUT2D eigenvalue weighted by Crippen LogP contribution is -2.30. The summed E-state index contributed by atoms with van der Waals surface area (Å²) in [5.41, 5.74) is 2.45. The van der Waals surface area contributed by atoms with Gasteiger partial charge in [0.1, 0.15) is 23.9 Å². The molecule has 8 heteroatoms. The minimum Gasteiger partial charge on any atom is -0.490 e. The number of imide groups is 1. The van der Waals surface area contributed by atoms with Crippen molar-refractivity contribution in [2.75, 3.05) is 6.61 Å². The zero-order chi connectivity index (χ0) is 26.4. The van der Waals surface area contributed by atoms with Crippen LogP contribution in [0.25, 0.3) is 6.08 Å². The van der Waals surface area contributed by atoms with E-state index in [1.54, 1.807) is 42.5 Å². The highest BCUT2D eigenvalue weighted by atomic mass is 19.1. The number of hydrogen-bond acceptors (Lipinski definition) is 4. The molecule has 0 bridgehead atoms. The van der Waals surface area contributed by atoms with E-state index < -0.39 is 17.8 Å². The van der Waals surface area contributed by atoms with Gasteiger partial charge in [-0.25, -0.2) is 13.6 Å². The summed E-state index contributed by atoms with van der Waals surface area (Å²) in [5, 5.41) is 2.56. The second-order valence-electron chi connectivity index (χ2n) is 8.32. The number of nitrogens with zero attached hydrogens (tertiary/aromatic N) is 1. The average Bonchev–Trinajstić information content (AvgIpc) is 3.13. The van der Waals surface area contributed by atoms with Gasteiger partial charge in [0.05, 0.1) is 13.2 Å². The number of ether oxygens (including phenoxy) is 2. The van der Waals surface area contributed by atoms with Crippen molar-refractivity contribution in [2.24, 2.45) is 0 Å². The van der Waals surface area contributed by atoms with Crippen LogP contribution < -0.4 is 14.8 Å². The standard InChI is InChI=1S/C29H26F2N2O4/c1-3-7-21-14-20(16-26(36-4-2)27(21)37-18-19-10-12-23(30)13-11-19)15-25-28(34)33(29(35)32-25)17-22-8-5-6-9-24(22)31/h3,5-6,8-16H,1,4,7,17-18H2,2H3,(H,32,35)/b25-15+. The fraction of sp³-hybridized carbons (Fsp3) is 0.172. The SMILES string of the molecule is C=CCc1cc(/C=C2/NC(=O)N(Cc3ccccc3F)C2=O)cc(OCC)c1OCc1ccc(F)cc1. The summed E-state index contributed by atoms with van der Waals surface area (Å²) in [4.78, 5) is 26.4. The summed E-state index contributed by atoms with van der Waals surface area (Å²) >= 11 is 0. The van der Waals surface area contributed by atoms with Crippen molar-refractivity contribution in [3.63, 3.8) is 0 Å². The van der Waals surface area contributed by atoms with Crippen molar-refractivity contribution < 1.29 is 27.8 Å². The largest absolute Gasteiger partial charge is 0.490 e. The Morgan fingerprint density at radius 2 is 1.76 bits per heavy atom. The van der Waals surface area contributed by atoms with Crippen LogP contribution in [0.4, 0.5) is 13.6 Å². The first kappa shape index (κ1) is 25.6. The number of urea groups is 1. The predicted molar refractivity (Wildman–Crippen MR) is 136 cm³/mol. The van der Waals surface area contributed by atoms with Crippen LogP contribution >= 0.6 is 0 Å². The molecule has 0 radical (unpaired) electrons. The van der Waals surface area contributed by atoms with Crippen molar-refractivity contribution in [3.8, 4) is 11.5 Å². The molecule has 0 unspecified atom stereocenters. The maximum absolute atomic E-state index is 14.1. The Kier molecular flexibility index (Phi) is 7.98. The lowest BCUT2D eigenvalue weighted by molar-refractivity contribution is -0.123. The van der Waals surface area contributed by atoms with Crippen LogP contribution in [-0.2, 0) is 24.4 Å². The van der Waals surface area contributed by atoms with Gasteiger partial charge in [-0.1, -0.05) is 36.4 Å². The maximum atomic E-state index is 14.1. The van der Waals surface area contributed by atoms with Gasteiger partial charge in [-0.2, -0.15) is 0 Å². The molecular formula is C29H26F2N2O4. The third kappa shape index (κ3) is 6.03. The number of halogens is 2. The van der Waals surface area contributed by atoms with E-state index in [2.05, 4.69) is 11.9 Å². The molecule has 0 saturated carbocycles. The molecule has 4 rings (SSSR count). The normalized spacial score (nSPS) is 14.1. The molecule has 1 heterocycles. The Bertz CT molecular complexity index is 1350. The van der Waals surface area contributed by atoms with Crippen LogP contribution in [0.3, 0.4) is 0 Å². The quantitative estimate of drug-likeness (QED) is 0.216. The highest BCUT2D eigenvalue weighted by Gasteiger charge is 2.34. The summed E-state index contributed by atoms with van der Waals surface area (Å²) in [6.45, 7) is 6.03. The summed E-state index contributed by atoms with van der Waals surface area (Å²) in [5.74, 6) is -0.420. The first-order chi connectivity index (χ1) is 17.9. The van der Waals surface area contributed by atoms with E-state index in [-0.39, 0.29) is 30.2 Å². The molecular weight excluding hydrogens is 478 g/mol. The van der Waals surface area contributed by atoms with Crippen LogP contribution in [0.2, 0.25) is 0 Å². The third-order valence-corrected chi connectivity index (χ3v) is 5.67. The van der Waals surface area contributed by atoms with Gasteiger partial charge in [0, 0.05) is 11.1 Å². The molecule has 0 spiro atoms. The minimum absolute atomic E-state index is 0.0633. The summed E-state index contributed by atoms with van der Waals surface area (Å²) in [6.07, 6.45) is 3.71. The van der Waals surface area contributed by atoms with Crippen molar-refractivity contribution in [3.05, 3.63) is 113 Å². The molecule has 1 fully saturated rings. The van der Waals surface area contributed by atoms with Gasteiger partial charge in [0.2, 0.25) is 0 Å². The van der Waals surface area contributed by atoms with E-state index >= 15 is 0 Å². The lowest BCUT2D eigenvalue weighted by Gasteiger charge is -2.17. The van der Waals surface area contributed by atoms with Crippen molar-refractivity contribution in [1.29, 1.82) is 0 Å². The van der Waals surface area contributed by atoms with E-state index in [0.29, 0.717) is 30.1 Å². The number of carbonyl (C=O) groups excluding carboxylic acids is 2. The van der Waals surface area contributed by atoms with E-state index in [9.17, 15) is 18.4 Å². The van der Waals surface area contributed by atoms with Crippen molar-refractivity contribution in [1.82, 2.24) is 10.2 Å². The van der Waals surface area contributed by atoms with Gasteiger partial charge in [-0.05, 0) is 60.9 Å². The predicted octanol–water partition coefficient (Wildman–Crippen LogP) is 5.76. The fourth-order valence-electron chi connectivity index (χ4n) is 3.92. The van der Waals surface area contributed by atoms with Crippen LogP contribution in [0.5, 0.6) is 11.5 Å². The molecule has 190 valence electrons. The average molecular weight is 505 g/mol. The topological polar surface area (TPSA) is 67.9 Å². The van der Waals surface area contributed by atoms with Crippen LogP contribution in [0.15, 0.2) is 79.0 Å². The van der Waals surface area contributed by atoms with Gasteiger partial charge in [-0.15, -0.1) is 6.58 Å². The van der Waals surface area contributed by atoms with Crippen LogP contribution in [0.1, 0.15) is 29.2 Å². The Morgan fingerprint density at radius 3 is 2.46 bits per heavy atom. The zero-order valence-corrected chi connectivity index (χ0v) is 20.3. The third-order valence-electron chi connectivity index (χ3n) is 5.67. The van der Waals surface area contributed by atoms with Crippen LogP contribution in [-0.4, -0.2) is 23.4 Å². The molecule has 0 aromatic heterocycles. The highest BCUT2D eigenvalue weighted by molar-refractivity contribution is 6.13. The second kappa shape index (κ2) is 11.5. The number of nitrogens with one attached hydrogen (secondary N) is 1. The molecule has 3 amide bonds. The molecule has 1 N–H and O–H groups in total. The van der Waals surface area contributed by atoms with E-state index in [1.165, 1.54) is 24.3 Å². The molecule has 3 aromatic rings. The van der Waals surface area contributed by atoms with Crippen molar-refractivity contribution in [2.45, 2.75) is 26.5 Å². The number of benzene rings is 3. The molecule has 1 aliphatic heterocycles. The molecule has 37 heavy (non-hydrogen) atoms. The summed E-state index contributed by atoms with van der Waals surface area (Å²) in [6, 6.07) is 14.9. The van der Waals surface area contributed by atoms with E-state index in [0.717, 1.165) is 16.0 Å². The van der Waals surface area contributed by atoms with Crippen molar-refractivity contribution >= 4 is 18.0 Å². The second-order valence-corrected chi connectivity index (χ2v) is 8.32. The molecule has 0 atom stereocenters. The first-order valence-electron chi connectivity index (χ1n) is 11.8. The van der Waals surface area contributed by atoms with Gasteiger partial charge in [-0.3, -0.25) is 9.69 Å². The van der Waals surface area contributed by atoms with Crippen LogP contribution in [0, 0.1) is 11.6 Å². The van der Waals surface area contributed by atoms with Gasteiger partial charge in [0.25, 0.3) is 5.91 Å². The smallest absolute Gasteiger partial charge is 0.329 e. The van der Waals surface area contributed by atoms with E-state index in [4.69, 9.17) is 9.47 Å². The lowest BCUT2D eigenvalue weighted by atomic mass is 10.0. The summed E-state index contributed by atoms with van der Waals surface area (Å²) < 4.78 is 39.2. The van der Waals surface area contributed by atoms with Gasteiger partial charge >= 0.3 is 6.03 Å². The molecule has 3 aromatic carbocycles. The molecule has 1 aliphatic rings. The molecule has 6 nitrogen and oxygen atoms in total. The Labute approximate surface area is 213 Å². The highest BCUT2D eigenvalue weighted by Crippen LogP contribution is 2.35. The minimum atomic E-state index is -0.630. The maximum Gasteiger partial charge on any atom is 0.329 e. The zero-order valence-electron chi connectivity index (χ0n) is 20.3. The van der Waals surface area contributed by atoms with Gasteiger partial charge < -0.3 is 14.8 Å². The molecule has 1 saturated heterocycles. The molecule has 0 aliphatic carbocycles. The van der Waals surface area contributed by atoms with E-state index in [1.807, 2.05) is 13.0 Å². The number of allylic oxidation sites excluding steroid dienone is 1. The van der Waals surface area contributed by atoms with Gasteiger partial charge in [0.15, 0.2) is 11.5 Å². The fourth-order valence-corrected chi connectivity index (χ4v) is 3.92. The monoisotopic (exact) mass is 504 g/mol. The summed E-state index contributed by atoms with van der Waals surface area (Å²) in [7, 11) is 0. The number of rotatable bonds is 10. The Balaban J connectivity index is 1.62. The number of carbonyl (C=O) groups is 2. The first-order valence-corrected chi connectivity index (χ1v) is 11.8. The Hall–Kier alpha value is -4.46. The Morgan fingerprint density at radius 1 is 1.00 bits per heavy atom. The number of amides is 3.